The lowest BCUT2D eigenvalue weighted by atomic mass is 10.0. The van der Waals surface area contributed by atoms with Crippen molar-refractivity contribution in [3.63, 3.8) is 0 Å². The summed E-state index contributed by atoms with van der Waals surface area (Å²) in [7, 11) is 3.56. The zero-order valence-corrected chi connectivity index (χ0v) is 66.9. The number of benzene rings is 4. The molecule has 0 bridgehead atoms. The maximum Gasteiger partial charge on any atom is 0.258 e. The second-order valence-electron chi connectivity index (χ2n) is 30.0. The van der Waals surface area contributed by atoms with Gasteiger partial charge in [-0.15, -0.1) is 0 Å². The molecule has 26 nitrogen and oxygen atoms in total. The van der Waals surface area contributed by atoms with Crippen LogP contribution >= 0.6 is 46.7 Å². The van der Waals surface area contributed by atoms with Crippen LogP contribution < -0.4 is 41.0 Å². The number of thioether (sulfide) groups is 2. The summed E-state index contributed by atoms with van der Waals surface area (Å²) in [5.41, 5.74) is 9.92. The SMILES string of the molecule is CSc1nc(Cl)c(C(=O)NCCCCCC(=O)NCCN2CCCc3ccc(C(=O)N(C)Cc4nc5ccccc5[n-]4)cc3C2)c(N2CC[N+]3(CC2)CC[N+]2(CCN(c4nc(SC)nc(Cl)c4C(=O)NCCCCCC(=O)NCCN4CCCc5ccc(C(=O)N(C)Cc6nc7ccccc7[n-]6)cc5C4)CC2)CC3)n1. The molecule has 110 heavy (non-hydrogen) atoms. The molecule has 4 aromatic heterocycles. The summed E-state index contributed by atoms with van der Waals surface area (Å²) in [6.07, 6.45) is 12.8. The average molecular weight is 1570 g/mol. The Morgan fingerprint density at radius 1 is 0.473 bits per heavy atom. The van der Waals surface area contributed by atoms with Gasteiger partial charge in [0.2, 0.25) is 11.8 Å². The summed E-state index contributed by atoms with van der Waals surface area (Å²) in [5.74, 6) is 1.61. The quantitative estimate of drug-likeness (QED) is 0.0108. The summed E-state index contributed by atoms with van der Waals surface area (Å²) in [6, 6.07) is 27.5. The molecule has 0 aliphatic carbocycles. The highest BCUT2D eigenvalue weighted by Gasteiger charge is 2.46. The van der Waals surface area contributed by atoms with Gasteiger partial charge in [-0.05, 0) is 146 Å². The fraction of sp³-hybridized carbons (Fsp3) is 0.500. The summed E-state index contributed by atoms with van der Waals surface area (Å²) in [5, 5.41) is 13.7. The first-order valence-electron chi connectivity index (χ1n) is 38.9. The number of fused-ring (bicyclic) bond motifs is 4. The van der Waals surface area contributed by atoms with Crippen LogP contribution in [0.25, 0.3) is 22.1 Å². The molecule has 0 saturated carbocycles. The minimum atomic E-state index is -0.304. The van der Waals surface area contributed by atoms with Gasteiger partial charge in [0, 0.05) is 104 Å². The normalized spacial score (nSPS) is 16.5. The molecule has 30 heteroatoms. The number of nitrogens with zero attached hydrogens (tertiary/aromatic N) is 16. The monoisotopic (exact) mass is 1570 g/mol. The van der Waals surface area contributed by atoms with Gasteiger partial charge in [0.25, 0.3) is 23.6 Å². The number of piperazine rings is 3. The number of imidazole rings is 2. The summed E-state index contributed by atoms with van der Waals surface area (Å²) >= 11 is 16.5. The van der Waals surface area contributed by atoms with Crippen molar-refractivity contribution in [1.82, 2.24) is 80.7 Å². The number of carbonyl (C=O) groups excluding carboxylic acids is 6. The van der Waals surface area contributed by atoms with E-state index >= 15 is 0 Å². The number of hydrogen-bond donors (Lipinski definition) is 4. The van der Waals surface area contributed by atoms with Crippen LogP contribution in [0.2, 0.25) is 10.3 Å². The molecule has 5 aliphatic rings. The Morgan fingerprint density at radius 2 is 0.882 bits per heavy atom. The van der Waals surface area contributed by atoms with E-state index in [9.17, 15) is 28.8 Å². The number of para-hydroxylation sites is 4. The second kappa shape index (κ2) is 37.2. The van der Waals surface area contributed by atoms with E-state index in [1.807, 2.05) is 85.3 Å². The number of unbranched alkanes of at least 4 members (excludes halogenated alkanes) is 4. The number of aromatic nitrogens is 8. The Labute approximate surface area is 662 Å². The molecule has 4 N–H and O–H groups in total. The molecule has 0 atom stereocenters. The van der Waals surface area contributed by atoms with E-state index in [0.717, 1.165) is 172 Å². The van der Waals surface area contributed by atoms with E-state index < -0.39 is 0 Å². The number of anilines is 2. The number of amides is 6. The van der Waals surface area contributed by atoms with Crippen molar-refractivity contribution in [2.75, 3.05) is 167 Å². The lowest BCUT2D eigenvalue weighted by molar-refractivity contribution is -1.03. The third-order valence-corrected chi connectivity index (χ3v) is 24.2. The van der Waals surface area contributed by atoms with Crippen molar-refractivity contribution in [2.24, 2.45) is 0 Å². The number of halogens is 2. The van der Waals surface area contributed by atoms with Crippen molar-refractivity contribution >= 4 is 116 Å². The summed E-state index contributed by atoms with van der Waals surface area (Å²) in [6.45, 7) is 17.9. The van der Waals surface area contributed by atoms with E-state index in [4.69, 9.17) is 33.2 Å². The van der Waals surface area contributed by atoms with Crippen molar-refractivity contribution in [3.8, 4) is 0 Å². The average Bonchev–Trinajstić information content (AvgIpc) is 0.982. The fourth-order valence-electron chi connectivity index (χ4n) is 16.0. The van der Waals surface area contributed by atoms with Gasteiger partial charge in [-0.25, -0.2) is 19.9 Å². The number of rotatable bonds is 30. The predicted molar refractivity (Wildman–Crippen MR) is 431 cm³/mol. The van der Waals surface area contributed by atoms with Gasteiger partial charge in [0.05, 0.1) is 52.4 Å². The van der Waals surface area contributed by atoms with Gasteiger partial charge in [-0.2, -0.15) is 0 Å². The van der Waals surface area contributed by atoms with E-state index in [0.29, 0.717) is 160 Å². The Morgan fingerprint density at radius 3 is 1.28 bits per heavy atom. The van der Waals surface area contributed by atoms with Crippen LogP contribution in [0.4, 0.5) is 11.6 Å². The maximum atomic E-state index is 14.0. The molecular weight excluding hydrogens is 1470 g/mol. The van der Waals surface area contributed by atoms with Gasteiger partial charge in [0.1, 0.15) is 59.2 Å². The van der Waals surface area contributed by atoms with Gasteiger partial charge in [0.15, 0.2) is 10.3 Å². The molecule has 4 aromatic carbocycles. The molecule has 0 radical (unpaired) electrons. The van der Waals surface area contributed by atoms with Gasteiger partial charge in [-0.3, -0.25) is 38.6 Å². The lowest BCUT2D eigenvalue weighted by Gasteiger charge is -2.54. The highest BCUT2D eigenvalue weighted by Crippen LogP contribution is 2.34. The maximum absolute atomic E-state index is 14.0. The third-order valence-electron chi connectivity index (χ3n) is 22.5. The van der Waals surface area contributed by atoms with Gasteiger partial charge >= 0.3 is 0 Å². The van der Waals surface area contributed by atoms with Crippen molar-refractivity contribution < 1.29 is 37.7 Å². The number of quaternary nitrogens is 2. The van der Waals surface area contributed by atoms with Crippen LogP contribution in [0.15, 0.2) is 95.2 Å². The fourth-order valence-corrected chi connectivity index (χ4v) is 17.3. The standard InChI is InChI=1S/C80H102Cl2N20O6S2/c1-95(53-65-87-61-19-9-10-20-62(61)88-65)77(107)57-27-25-55-17-15-33-97(51-59(55)49-57)35-31-83-67(103)23-7-5-13-29-85-75(105)69-71(81)91-79(109-3)93-73(69)99-37-41-101(42-38-99)45-47-102(48-46-101)43-39-100(40-44-102)74-70(72(82)92-80(94-74)110-4)76(106)86-30-14-6-8-24-68(104)84-32-36-98-34-16-18-56-26-28-58(50-60(56)52-98)78(108)96(2)54-66-89-63-21-11-12-22-64(63)90-66/h9-12,19-22,25-28,49-50H,5-8,13-18,23-24,29-48,51-54H2,1-4H3,(H4-2,83,84,85,86,87,88,89,90,103,104,105,106). The van der Waals surface area contributed by atoms with Crippen LogP contribution in [0.5, 0.6) is 0 Å². The molecule has 0 unspecified atom stereocenters. The molecule has 9 heterocycles. The second-order valence-corrected chi connectivity index (χ2v) is 32.2. The molecule has 3 fully saturated rings. The van der Waals surface area contributed by atoms with Gasteiger partial charge < -0.3 is 69.8 Å². The van der Waals surface area contributed by atoms with Crippen LogP contribution in [0.3, 0.4) is 0 Å². The topological polar surface area (TPSA) is 276 Å². The van der Waals surface area contributed by atoms with Crippen LogP contribution in [0, 0.1) is 0 Å². The highest BCUT2D eigenvalue weighted by atomic mass is 35.5. The minimum Gasteiger partial charge on any atom is -0.438 e. The first kappa shape index (κ1) is 79.6. The minimum absolute atomic E-state index is 0.00571. The Bertz CT molecular complexity index is 4240. The summed E-state index contributed by atoms with van der Waals surface area (Å²) < 4.78 is 2.00. The lowest BCUT2D eigenvalue weighted by Crippen LogP contribution is -2.73. The van der Waals surface area contributed by atoms with E-state index in [1.165, 1.54) is 34.7 Å². The van der Waals surface area contributed by atoms with Gasteiger partial charge in [-0.1, -0.05) is 132 Å². The Kier molecular flexibility index (Phi) is 26.9. The zero-order valence-electron chi connectivity index (χ0n) is 63.7. The Hall–Kier alpha value is -8.48. The molecule has 6 amide bonds. The molecule has 3 saturated heterocycles. The zero-order chi connectivity index (χ0) is 76.7. The van der Waals surface area contributed by atoms with Crippen molar-refractivity contribution in [2.45, 2.75) is 114 Å². The summed E-state index contributed by atoms with van der Waals surface area (Å²) in [4.78, 5) is 131. The largest absolute Gasteiger partial charge is 0.438 e. The predicted octanol–water partition coefficient (Wildman–Crippen LogP) is 8.27. The molecule has 2 spiro atoms. The molecular formula is C80H102Cl2N20O6S2. The molecule has 5 aliphatic heterocycles. The highest BCUT2D eigenvalue weighted by molar-refractivity contribution is 7.98. The number of aryl methyl sites for hydroxylation is 2. The molecule has 8 aromatic rings. The number of nitrogens with one attached hydrogen (secondary N) is 4. The van der Waals surface area contributed by atoms with E-state index in [2.05, 4.69) is 82.9 Å². The van der Waals surface area contributed by atoms with Crippen molar-refractivity contribution in [3.05, 3.63) is 151 Å². The third kappa shape index (κ3) is 20.0. The number of carbonyl (C=O) groups is 6. The van der Waals surface area contributed by atoms with Crippen LogP contribution in [0.1, 0.15) is 140 Å². The smallest absolute Gasteiger partial charge is 0.258 e. The first-order chi connectivity index (χ1) is 53.4. The number of hydrogen-bond acceptors (Lipinski definition) is 18. The van der Waals surface area contributed by atoms with E-state index in [-0.39, 0.29) is 45.7 Å². The molecule has 584 valence electrons. The van der Waals surface area contributed by atoms with Crippen molar-refractivity contribution in [1.29, 1.82) is 0 Å². The Balaban J connectivity index is 0.498. The first-order valence-corrected chi connectivity index (χ1v) is 42.1. The van der Waals surface area contributed by atoms with Crippen LogP contribution in [-0.2, 0) is 48.6 Å². The molecule has 13 rings (SSSR count). The van der Waals surface area contributed by atoms with E-state index in [1.54, 1.807) is 23.9 Å². The van der Waals surface area contributed by atoms with Crippen LogP contribution in [-0.4, -0.2) is 251 Å².